The summed E-state index contributed by atoms with van der Waals surface area (Å²) in [7, 11) is 0. The molecule has 0 fully saturated rings. The highest BCUT2D eigenvalue weighted by Crippen LogP contribution is 2.36. The van der Waals surface area contributed by atoms with Crippen molar-refractivity contribution in [3.8, 4) is 5.75 Å². The monoisotopic (exact) mass is 246 g/mol. The highest BCUT2D eigenvalue weighted by Gasteiger charge is 2.28. The molecule has 0 spiro atoms. The van der Waals surface area contributed by atoms with Crippen molar-refractivity contribution in [2.24, 2.45) is 0 Å². The minimum absolute atomic E-state index is 0.178. The van der Waals surface area contributed by atoms with Gasteiger partial charge in [0.1, 0.15) is 16.6 Å². The van der Waals surface area contributed by atoms with E-state index in [0.29, 0.717) is 0 Å². The van der Waals surface area contributed by atoms with Crippen LogP contribution in [0.15, 0.2) is 12.1 Å². The van der Waals surface area contributed by atoms with Gasteiger partial charge in [0.05, 0.1) is 6.42 Å². The van der Waals surface area contributed by atoms with E-state index in [1.165, 1.54) is 12.1 Å². The number of hydrogen-bond acceptors (Lipinski definition) is 2. The predicted molar refractivity (Wildman–Crippen MR) is 58.4 cm³/mol. The maximum Gasteiger partial charge on any atom is 0.304 e. The second-order valence-electron chi connectivity index (χ2n) is 4.21. The fourth-order valence-corrected chi connectivity index (χ4v) is 1.70. The Morgan fingerprint density at radius 3 is 2.56 bits per heavy atom. The van der Waals surface area contributed by atoms with E-state index >= 15 is 0 Å². The first-order valence-corrected chi connectivity index (χ1v) is 5.03. The number of benzene rings is 1. The van der Waals surface area contributed by atoms with Crippen molar-refractivity contribution in [1.82, 2.24) is 0 Å². The van der Waals surface area contributed by atoms with Gasteiger partial charge in [-0.05, 0) is 11.6 Å². The SMILES string of the molecule is CC(C)(CC(=O)O)c1ccc(O)c(Cl)c1F. The van der Waals surface area contributed by atoms with Crippen LogP contribution >= 0.6 is 11.6 Å². The molecule has 1 rings (SSSR count). The van der Waals surface area contributed by atoms with E-state index in [2.05, 4.69) is 0 Å². The summed E-state index contributed by atoms with van der Waals surface area (Å²) >= 11 is 5.55. The number of hydrogen-bond donors (Lipinski definition) is 2. The average molecular weight is 247 g/mol. The summed E-state index contributed by atoms with van der Waals surface area (Å²) in [6.07, 6.45) is -0.217. The largest absolute Gasteiger partial charge is 0.506 e. The Hall–Kier alpha value is -1.29. The van der Waals surface area contributed by atoms with Crippen LogP contribution in [0.2, 0.25) is 5.02 Å². The van der Waals surface area contributed by atoms with Crippen LogP contribution in [0, 0.1) is 5.82 Å². The van der Waals surface area contributed by atoms with Crippen LogP contribution in [0.3, 0.4) is 0 Å². The summed E-state index contributed by atoms with van der Waals surface area (Å²) in [6.45, 7) is 3.21. The van der Waals surface area contributed by atoms with Crippen LogP contribution in [0.4, 0.5) is 4.39 Å². The number of phenols is 1. The van der Waals surface area contributed by atoms with Crippen molar-refractivity contribution < 1.29 is 19.4 Å². The first kappa shape index (κ1) is 12.8. The van der Waals surface area contributed by atoms with Crippen LogP contribution in [-0.2, 0) is 10.2 Å². The molecule has 0 aliphatic rings. The number of aromatic hydroxyl groups is 1. The van der Waals surface area contributed by atoms with Gasteiger partial charge in [-0.2, -0.15) is 0 Å². The highest BCUT2D eigenvalue weighted by atomic mass is 35.5. The van der Waals surface area contributed by atoms with E-state index < -0.39 is 17.2 Å². The van der Waals surface area contributed by atoms with Crippen molar-refractivity contribution in [3.05, 3.63) is 28.5 Å². The summed E-state index contributed by atoms with van der Waals surface area (Å²) in [5.74, 6) is -2.14. The van der Waals surface area contributed by atoms with Gasteiger partial charge in [0, 0.05) is 5.41 Å². The Labute approximate surface area is 97.5 Å². The van der Waals surface area contributed by atoms with Crippen LogP contribution in [0.1, 0.15) is 25.8 Å². The summed E-state index contributed by atoms with van der Waals surface area (Å²) < 4.78 is 13.7. The topological polar surface area (TPSA) is 57.5 Å². The molecule has 0 atom stereocenters. The van der Waals surface area contributed by atoms with Crippen LogP contribution in [-0.4, -0.2) is 16.2 Å². The van der Waals surface area contributed by atoms with Crippen molar-refractivity contribution in [2.45, 2.75) is 25.7 Å². The lowest BCUT2D eigenvalue weighted by atomic mass is 9.81. The Morgan fingerprint density at radius 1 is 1.50 bits per heavy atom. The molecule has 2 N–H and O–H groups in total. The van der Waals surface area contributed by atoms with E-state index in [-0.39, 0.29) is 22.8 Å². The minimum Gasteiger partial charge on any atom is -0.506 e. The van der Waals surface area contributed by atoms with Gasteiger partial charge < -0.3 is 10.2 Å². The molecule has 0 saturated carbocycles. The van der Waals surface area contributed by atoms with Gasteiger partial charge >= 0.3 is 5.97 Å². The molecule has 16 heavy (non-hydrogen) atoms. The Morgan fingerprint density at radius 2 is 2.06 bits per heavy atom. The third kappa shape index (κ3) is 2.44. The maximum atomic E-state index is 13.7. The standard InChI is InChI=1S/C11H12ClFO3/c1-11(2,5-8(15)16)6-3-4-7(14)9(12)10(6)13/h3-4,14H,5H2,1-2H3,(H,15,16). The number of halogens is 2. The van der Waals surface area contributed by atoms with Gasteiger partial charge in [-0.25, -0.2) is 4.39 Å². The smallest absolute Gasteiger partial charge is 0.304 e. The number of rotatable bonds is 3. The molecule has 0 aromatic heterocycles. The average Bonchev–Trinajstić information content (AvgIpc) is 2.11. The zero-order chi connectivity index (χ0) is 12.5. The van der Waals surface area contributed by atoms with Gasteiger partial charge in [0.2, 0.25) is 0 Å². The molecular weight excluding hydrogens is 235 g/mol. The van der Waals surface area contributed by atoms with Gasteiger partial charge in [-0.15, -0.1) is 0 Å². The molecule has 0 aliphatic carbocycles. The van der Waals surface area contributed by atoms with E-state index in [0.717, 1.165) is 0 Å². The molecule has 0 heterocycles. The third-order valence-corrected chi connectivity index (χ3v) is 2.74. The number of phenolic OH excluding ortho intramolecular Hbond substituents is 1. The summed E-state index contributed by atoms with van der Waals surface area (Å²) in [6, 6.07) is 2.60. The first-order valence-electron chi connectivity index (χ1n) is 4.65. The van der Waals surface area contributed by atoms with Crippen molar-refractivity contribution in [1.29, 1.82) is 0 Å². The molecule has 0 unspecified atom stereocenters. The zero-order valence-corrected chi connectivity index (χ0v) is 9.68. The predicted octanol–water partition coefficient (Wildman–Crippen LogP) is 2.94. The number of carboxylic acid groups (broad SMARTS) is 1. The van der Waals surface area contributed by atoms with Crippen molar-refractivity contribution in [3.63, 3.8) is 0 Å². The number of carboxylic acids is 1. The molecule has 0 aliphatic heterocycles. The Bertz CT molecular complexity index is 429. The second kappa shape index (κ2) is 4.29. The molecule has 3 nitrogen and oxygen atoms in total. The first-order chi connectivity index (χ1) is 7.25. The van der Waals surface area contributed by atoms with Gasteiger partial charge in [0.25, 0.3) is 0 Å². The molecule has 0 bridgehead atoms. The van der Waals surface area contributed by atoms with E-state index in [1.807, 2.05) is 0 Å². The van der Waals surface area contributed by atoms with Gasteiger partial charge in [-0.3, -0.25) is 4.79 Å². The van der Waals surface area contributed by atoms with Gasteiger partial charge in [0.15, 0.2) is 0 Å². The molecular formula is C11H12ClFO3. The molecule has 1 aromatic carbocycles. The van der Waals surface area contributed by atoms with Crippen LogP contribution in [0.5, 0.6) is 5.75 Å². The van der Waals surface area contributed by atoms with Crippen molar-refractivity contribution >= 4 is 17.6 Å². The quantitative estimate of drug-likeness (QED) is 0.862. The number of carbonyl (C=O) groups is 1. The number of aliphatic carboxylic acids is 1. The lowest BCUT2D eigenvalue weighted by molar-refractivity contribution is -0.138. The second-order valence-corrected chi connectivity index (χ2v) is 4.59. The summed E-state index contributed by atoms with van der Waals surface area (Å²) in [5.41, 5.74) is -0.703. The summed E-state index contributed by atoms with van der Waals surface area (Å²) in [4.78, 5) is 10.6. The Kier molecular flexibility index (Phi) is 3.43. The highest BCUT2D eigenvalue weighted by molar-refractivity contribution is 6.32. The molecule has 0 radical (unpaired) electrons. The lowest BCUT2D eigenvalue weighted by Gasteiger charge is -2.24. The summed E-state index contributed by atoms with van der Waals surface area (Å²) in [5, 5.41) is 17.5. The third-order valence-electron chi connectivity index (χ3n) is 2.38. The van der Waals surface area contributed by atoms with Crippen LogP contribution in [0.25, 0.3) is 0 Å². The van der Waals surface area contributed by atoms with Gasteiger partial charge in [-0.1, -0.05) is 31.5 Å². The minimum atomic E-state index is -1.02. The fourth-order valence-electron chi connectivity index (χ4n) is 1.54. The normalized spacial score (nSPS) is 11.5. The molecule has 0 amide bonds. The fraction of sp³-hybridized carbons (Fsp3) is 0.364. The molecule has 0 saturated heterocycles. The zero-order valence-electron chi connectivity index (χ0n) is 8.92. The van der Waals surface area contributed by atoms with Crippen LogP contribution < -0.4 is 0 Å². The maximum absolute atomic E-state index is 13.7. The molecule has 5 heteroatoms. The van der Waals surface area contributed by atoms with E-state index in [9.17, 15) is 14.3 Å². The lowest BCUT2D eigenvalue weighted by Crippen LogP contribution is -2.23. The van der Waals surface area contributed by atoms with Crippen molar-refractivity contribution in [2.75, 3.05) is 0 Å². The Balaban J connectivity index is 3.23. The molecule has 1 aromatic rings. The van der Waals surface area contributed by atoms with E-state index in [1.54, 1.807) is 13.8 Å². The molecule has 88 valence electrons. The van der Waals surface area contributed by atoms with E-state index in [4.69, 9.17) is 16.7 Å².